The Kier molecular flexibility index (Phi) is 4.42. The number of pyridine rings is 1. The van der Waals surface area contributed by atoms with Crippen LogP contribution in [-0.4, -0.2) is 22.1 Å². The molecule has 1 saturated carbocycles. The zero-order valence-electron chi connectivity index (χ0n) is 10.2. The quantitative estimate of drug-likeness (QED) is 0.823. The van der Waals surface area contributed by atoms with E-state index in [1.54, 1.807) is 0 Å². The zero-order valence-corrected chi connectivity index (χ0v) is 10.9. The maximum absolute atomic E-state index is 10.8. The van der Waals surface area contributed by atoms with Gasteiger partial charge < -0.3 is 10.4 Å². The van der Waals surface area contributed by atoms with Gasteiger partial charge in [-0.2, -0.15) is 0 Å². The summed E-state index contributed by atoms with van der Waals surface area (Å²) in [6.07, 6.45) is 8.62. The summed E-state index contributed by atoms with van der Waals surface area (Å²) >= 11 is 6.05. The summed E-state index contributed by atoms with van der Waals surface area (Å²) in [7, 11) is 0. The Morgan fingerprint density at radius 2 is 2.00 bits per heavy atom. The Morgan fingerprint density at radius 3 is 2.56 bits per heavy atom. The van der Waals surface area contributed by atoms with Gasteiger partial charge in [-0.3, -0.25) is 0 Å². The molecule has 0 saturated heterocycles. The van der Waals surface area contributed by atoms with Gasteiger partial charge in [0.05, 0.1) is 10.6 Å². The maximum atomic E-state index is 10.8. The lowest BCUT2D eigenvalue weighted by Gasteiger charge is -2.17. The van der Waals surface area contributed by atoms with E-state index in [0.29, 0.717) is 16.9 Å². The monoisotopic (exact) mass is 268 g/mol. The third kappa shape index (κ3) is 3.35. The highest BCUT2D eigenvalue weighted by molar-refractivity contribution is 6.33. The minimum Gasteiger partial charge on any atom is -0.478 e. The van der Waals surface area contributed by atoms with Crippen molar-refractivity contribution in [2.75, 3.05) is 5.32 Å². The number of hydrogen-bond acceptors (Lipinski definition) is 3. The fourth-order valence-corrected chi connectivity index (χ4v) is 2.50. The van der Waals surface area contributed by atoms with E-state index < -0.39 is 5.97 Å². The minimum atomic E-state index is -1.01. The minimum absolute atomic E-state index is 0.117. The van der Waals surface area contributed by atoms with Crippen LogP contribution in [0.5, 0.6) is 0 Å². The van der Waals surface area contributed by atoms with Crippen molar-refractivity contribution in [2.24, 2.45) is 0 Å². The molecule has 0 amide bonds. The third-order valence-electron chi connectivity index (χ3n) is 3.28. The zero-order chi connectivity index (χ0) is 13.0. The number of carboxylic acid groups (broad SMARTS) is 1. The van der Waals surface area contributed by atoms with Gasteiger partial charge in [-0.05, 0) is 18.9 Å². The molecule has 5 heteroatoms. The van der Waals surface area contributed by atoms with Crippen molar-refractivity contribution in [2.45, 2.75) is 44.6 Å². The van der Waals surface area contributed by atoms with E-state index >= 15 is 0 Å². The molecule has 1 aromatic heterocycles. The number of carbonyl (C=O) groups is 1. The van der Waals surface area contributed by atoms with Gasteiger partial charge in [-0.25, -0.2) is 9.78 Å². The van der Waals surface area contributed by atoms with Crippen molar-refractivity contribution in [3.05, 3.63) is 22.8 Å². The largest absolute Gasteiger partial charge is 0.478 e. The van der Waals surface area contributed by atoms with Crippen molar-refractivity contribution in [3.8, 4) is 0 Å². The number of aromatic nitrogens is 1. The predicted octanol–water partition coefficient (Wildman–Crippen LogP) is 3.57. The van der Waals surface area contributed by atoms with Crippen LogP contribution in [0.15, 0.2) is 12.3 Å². The Bertz CT molecular complexity index is 429. The third-order valence-corrected chi connectivity index (χ3v) is 3.57. The summed E-state index contributed by atoms with van der Waals surface area (Å²) in [4.78, 5) is 14.9. The van der Waals surface area contributed by atoms with E-state index in [9.17, 15) is 4.79 Å². The topological polar surface area (TPSA) is 62.2 Å². The molecule has 98 valence electrons. The number of aromatic carboxylic acids is 1. The lowest BCUT2D eigenvalue weighted by Crippen LogP contribution is -2.19. The molecule has 0 radical (unpaired) electrons. The summed E-state index contributed by atoms with van der Waals surface area (Å²) in [5, 5.41) is 12.5. The van der Waals surface area contributed by atoms with Crippen LogP contribution in [0.25, 0.3) is 0 Å². The number of rotatable bonds is 3. The number of hydrogen-bond donors (Lipinski definition) is 2. The SMILES string of the molecule is O=C(O)c1cnc(NC2CCCCCC2)c(Cl)c1. The van der Waals surface area contributed by atoms with E-state index in [0.717, 1.165) is 12.8 Å². The molecule has 1 aromatic rings. The van der Waals surface area contributed by atoms with E-state index in [1.165, 1.54) is 37.9 Å². The van der Waals surface area contributed by atoms with E-state index in [1.807, 2.05) is 0 Å². The normalized spacial score (nSPS) is 17.2. The molecule has 1 heterocycles. The van der Waals surface area contributed by atoms with Crippen molar-refractivity contribution in [3.63, 3.8) is 0 Å². The van der Waals surface area contributed by atoms with Crippen molar-refractivity contribution in [1.29, 1.82) is 0 Å². The number of anilines is 1. The van der Waals surface area contributed by atoms with Crippen LogP contribution in [0.4, 0.5) is 5.82 Å². The fourth-order valence-electron chi connectivity index (χ4n) is 2.28. The van der Waals surface area contributed by atoms with E-state index in [4.69, 9.17) is 16.7 Å². The number of nitrogens with one attached hydrogen (secondary N) is 1. The Balaban J connectivity index is 2.06. The second-order valence-corrected chi connectivity index (χ2v) is 5.10. The molecule has 0 bridgehead atoms. The maximum Gasteiger partial charge on any atom is 0.337 e. The van der Waals surface area contributed by atoms with Gasteiger partial charge in [0.1, 0.15) is 5.82 Å². The van der Waals surface area contributed by atoms with E-state index in [2.05, 4.69) is 10.3 Å². The molecule has 1 fully saturated rings. The van der Waals surface area contributed by atoms with Crippen LogP contribution in [0.3, 0.4) is 0 Å². The second kappa shape index (κ2) is 6.05. The van der Waals surface area contributed by atoms with Gasteiger partial charge in [-0.15, -0.1) is 0 Å². The molecule has 1 aliphatic rings. The highest BCUT2D eigenvalue weighted by Gasteiger charge is 2.15. The van der Waals surface area contributed by atoms with Gasteiger partial charge in [0, 0.05) is 12.2 Å². The molecule has 18 heavy (non-hydrogen) atoms. The molecule has 0 atom stereocenters. The molecular weight excluding hydrogens is 252 g/mol. The smallest absolute Gasteiger partial charge is 0.337 e. The number of halogens is 1. The molecule has 2 rings (SSSR count). The second-order valence-electron chi connectivity index (χ2n) is 4.69. The van der Waals surface area contributed by atoms with Crippen LogP contribution in [0.1, 0.15) is 48.9 Å². The van der Waals surface area contributed by atoms with Crippen LogP contribution >= 0.6 is 11.6 Å². The lowest BCUT2D eigenvalue weighted by atomic mass is 10.1. The molecular formula is C13H17ClN2O2. The Morgan fingerprint density at radius 1 is 1.33 bits per heavy atom. The van der Waals surface area contributed by atoms with Crippen LogP contribution in [-0.2, 0) is 0 Å². The molecule has 0 aromatic carbocycles. The van der Waals surface area contributed by atoms with Gasteiger partial charge in [0.25, 0.3) is 0 Å². The summed E-state index contributed by atoms with van der Waals surface area (Å²) in [5.74, 6) is -0.418. The summed E-state index contributed by atoms with van der Waals surface area (Å²) < 4.78 is 0. The molecule has 0 spiro atoms. The van der Waals surface area contributed by atoms with E-state index in [-0.39, 0.29) is 5.56 Å². The number of carboxylic acids is 1. The molecule has 1 aliphatic carbocycles. The van der Waals surface area contributed by atoms with Crippen LogP contribution in [0.2, 0.25) is 5.02 Å². The first-order valence-corrected chi connectivity index (χ1v) is 6.70. The molecule has 4 nitrogen and oxygen atoms in total. The first-order valence-electron chi connectivity index (χ1n) is 6.32. The Labute approximate surface area is 111 Å². The predicted molar refractivity (Wildman–Crippen MR) is 71.3 cm³/mol. The first-order chi connectivity index (χ1) is 8.66. The highest BCUT2D eigenvalue weighted by atomic mass is 35.5. The summed E-state index contributed by atoms with van der Waals surface area (Å²) in [6.45, 7) is 0. The van der Waals surface area contributed by atoms with Crippen molar-refractivity contribution in [1.82, 2.24) is 4.98 Å². The molecule has 2 N–H and O–H groups in total. The van der Waals surface area contributed by atoms with Crippen LogP contribution in [0, 0.1) is 0 Å². The summed E-state index contributed by atoms with van der Waals surface area (Å²) in [6, 6.07) is 1.84. The average molecular weight is 269 g/mol. The van der Waals surface area contributed by atoms with Gasteiger partial charge in [0.2, 0.25) is 0 Å². The Hall–Kier alpha value is -1.29. The molecule has 0 aliphatic heterocycles. The number of nitrogens with zero attached hydrogens (tertiary/aromatic N) is 1. The van der Waals surface area contributed by atoms with Gasteiger partial charge >= 0.3 is 5.97 Å². The van der Waals surface area contributed by atoms with Gasteiger partial charge in [0.15, 0.2) is 0 Å². The fraction of sp³-hybridized carbons (Fsp3) is 0.538. The van der Waals surface area contributed by atoms with Crippen molar-refractivity contribution >= 4 is 23.4 Å². The first kappa shape index (κ1) is 13.1. The average Bonchev–Trinajstić information content (AvgIpc) is 2.60. The highest BCUT2D eigenvalue weighted by Crippen LogP contribution is 2.25. The van der Waals surface area contributed by atoms with Crippen molar-refractivity contribution < 1.29 is 9.90 Å². The van der Waals surface area contributed by atoms with Crippen LogP contribution < -0.4 is 5.32 Å². The van der Waals surface area contributed by atoms with Gasteiger partial charge in [-0.1, -0.05) is 37.3 Å². The standard InChI is InChI=1S/C13H17ClN2O2/c14-11-7-9(13(17)18)8-15-12(11)16-10-5-3-1-2-4-6-10/h7-8,10H,1-6H2,(H,15,16)(H,17,18). The molecule has 0 unspecified atom stereocenters. The summed E-state index contributed by atoms with van der Waals surface area (Å²) in [5.41, 5.74) is 0.117. The lowest BCUT2D eigenvalue weighted by molar-refractivity contribution is 0.0696.